The lowest BCUT2D eigenvalue weighted by molar-refractivity contribution is -0.0418. The maximum Gasteiger partial charge on any atom is 0.0578 e. The van der Waals surface area contributed by atoms with Crippen LogP contribution in [-0.4, -0.2) is 12.7 Å². The van der Waals surface area contributed by atoms with E-state index in [4.69, 9.17) is 4.74 Å². The van der Waals surface area contributed by atoms with Crippen LogP contribution >= 0.6 is 0 Å². The third kappa shape index (κ3) is 5.58. The monoisotopic (exact) mass is 342 g/mol. The minimum Gasteiger partial charge on any atom is -0.378 e. The van der Waals surface area contributed by atoms with E-state index in [2.05, 4.69) is 38.1 Å². The molecule has 1 aromatic rings. The minimum atomic E-state index is 0.499. The Kier molecular flexibility index (Phi) is 7.40. The second-order valence-electron chi connectivity index (χ2n) is 8.57. The first-order valence-electron chi connectivity index (χ1n) is 11.0. The van der Waals surface area contributed by atoms with Crippen LogP contribution in [0.2, 0.25) is 0 Å². The molecule has 1 heterocycles. The standard InChI is InChI=1S/C24H38O/c1-3-5-20-10-13-22(14-11-20)23-15-17-24(25-18-23)16-12-21-8-6-19(4-2)7-9-21/h6-9,20,22-24H,3-5,10-18H2,1-2H3. The van der Waals surface area contributed by atoms with Gasteiger partial charge in [0.15, 0.2) is 0 Å². The van der Waals surface area contributed by atoms with E-state index in [1.807, 2.05) is 0 Å². The summed E-state index contributed by atoms with van der Waals surface area (Å²) in [6, 6.07) is 9.17. The van der Waals surface area contributed by atoms with E-state index < -0.39 is 0 Å². The van der Waals surface area contributed by atoms with Gasteiger partial charge in [-0.05, 0) is 73.8 Å². The normalized spacial score (nSPS) is 30.3. The van der Waals surface area contributed by atoms with Gasteiger partial charge in [0.1, 0.15) is 0 Å². The molecular weight excluding hydrogens is 304 g/mol. The van der Waals surface area contributed by atoms with Gasteiger partial charge < -0.3 is 4.74 Å². The third-order valence-electron chi connectivity index (χ3n) is 6.85. The predicted molar refractivity (Wildman–Crippen MR) is 107 cm³/mol. The Bertz CT molecular complexity index is 475. The average Bonchev–Trinajstić information content (AvgIpc) is 2.68. The molecule has 0 aromatic heterocycles. The summed E-state index contributed by atoms with van der Waals surface area (Å²) in [4.78, 5) is 0. The molecule has 2 unspecified atom stereocenters. The summed E-state index contributed by atoms with van der Waals surface area (Å²) in [5.74, 6) is 2.83. The number of aryl methyl sites for hydroxylation is 2. The smallest absolute Gasteiger partial charge is 0.0578 e. The highest BCUT2D eigenvalue weighted by Gasteiger charge is 2.31. The Labute approximate surface area is 155 Å². The predicted octanol–water partition coefficient (Wildman–Crippen LogP) is 6.58. The summed E-state index contributed by atoms with van der Waals surface area (Å²) >= 11 is 0. The summed E-state index contributed by atoms with van der Waals surface area (Å²) in [6.45, 7) is 5.58. The topological polar surface area (TPSA) is 9.23 Å². The fourth-order valence-corrected chi connectivity index (χ4v) is 5.05. The Morgan fingerprint density at radius 1 is 0.800 bits per heavy atom. The fraction of sp³-hybridized carbons (Fsp3) is 0.750. The van der Waals surface area contributed by atoms with Crippen molar-refractivity contribution in [3.8, 4) is 0 Å². The summed E-state index contributed by atoms with van der Waals surface area (Å²) in [5.41, 5.74) is 2.91. The van der Waals surface area contributed by atoms with Crippen molar-refractivity contribution in [3.63, 3.8) is 0 Å². The number of rotatable bonds is 7. The van der Waals surface area contributed by atoms with Crippen molar-refractivity contribution in [1.82, 2.24) is 0 Å². The van der Waals surface area contributed by atoms with Gasteiger partial charge in [-0.15, -0.1) is 0 Å². The van der Waals surface area contributed by atoms with Gasteiger partial charge in [-0.2, -0.15) is 0 Å². The van der Waals surface area contributed by atoms with Crippen LogP contribution in [0.3, 0.4) is 0 Å². The molecule has 2 aliphatic rings. The van der Waals surface area contributed by atoms with Crippen molar-refractivity contribution in [1.29, 1.82) is 0 Å². The van der Waals surface area contributed by atoms with E-state index in [1.54, 1.807) is 0 Å². The van der Waals surface area contributed by atoms with E-state index in [0.717, 1.165) is 30.8 Å². The van der Waals surface area contributed by atoms with Crippen LogP contribution in [0.15, 0.2) is 24.3 Å². The molecular formula is C24H38O. The summed E-state index contributed by atoms with van der Waals surface area (Å²) in [6.07, 6.45) is 15.4. The van der Waals surface area contributed by atoms with Gasteiger partial charge in [-0.3, -0.25) is 0 Å². The lowest BCUT2D eigenvalue weighted by atomic mass is 9.73. The molecule has 1 saturated heterocycles. The van der Waals surface area contributed by atoms with Crippen LogP contribution in [0.4, 0.5) is 0 Å². The van der Waals surface area contributed by atoms with E-state index >= 15 is 0 Å². The van der Waals surface area contributed by atoms with Gasteiger partial charge in [0, 0.05) is 0 Å². The Balaban J connectivity index is 1.36. The van der Waals surface area contributed by atoms with Crippen LogP contribution in [0.1, 0.15) is 82.8 Å². The molecule has 1 aromatic carbocycles. The molecule has 0 radical (unpaired) electrons. The first kappa shape index (κ1) is 19.0. The first-order chi connectivity index (χ1) is 12.3. The Morgan fingerprint density at radius 2 is 1.48 bits per heavy atom. The molecule has 1 aliphatic heterocycles. The molecule has 0 amide bonds. The summed E-state index contributed by atoms with van der Waals surface area (Å²) in [5, 5.41) is 0. The van der Waals surface area contributed by atoms with Gasteiger partial charge in [-0.25, -0.2) is 0 Å². The van der Waals surface area contributed by atoms with Crippen LogP contribution in [0.5, 0.6) is 0 Å². The van der Waals surface area contributed by atoms with E-state index in [0.29, 0.717) is 6.10 Å². The minimum absolute atomic E-state index is 0.499. The summed E-state index contributed by atoms with van der Waals surface area (Å²) in [7, 11) is 0. The van der Waals surface area contributed by atoms with Gasteiger partial charge in [0.25, 0.3) is 0 Å². The second kappa shape index (κ2) is 9.76. The van der Waals surface area contributed by atoms with Gasteiger partial charge in [0.2, 0.25) is 0 Å². The van der Waals surface area contributed by atoms with E-state index in [1.165, 1.54) is 75.3 Å². The first-order valence-corrected chi connectivity index (χ1v) is 11.0. The van der Waals surface area contributed by atoms with Gasteiger partial charge >= 0.3 is 0 Å². The van der Waals surface area contributed by atoms with Crippen molar-refractivity contribution in [2.75, 3.05) is 6.61 Å². The number of benzene rings is 1. The number of ether oxygens (including phenoxy) is 1. The molecule has 0 bridgehead atoms. The molecule has 3 rings (SSSR count). The second-order valence-corrected chi connectivity index (χ2v) is 8.57. The van der Waals surface area contributed by atoms with Crippen LogP contribution < -0.4 is 0 Å². The Morgan fingerprint density at radius 3 is 2.08 bits per heavy atom. The van der Waals surface area contributed by atoms with Gasteiger partial charge in [0.05, 0.1) is 12.7 Å². The number of hydrogen-bond acceptors (Lipinski definition) is 1. The zero-order chi connectivity index (χ0) is 17.5. The highest BCUT2D eigenvalue weighted by Crippen LogP contribution is 2.39. The fourth-order valence-electron chi connectivity index (χ4n) is 5.05. The van der Waals surface area contributed by atoms with Crippen molar-refractivity contribution in [3.05, 3.63) is 35.4 Å². The highest BCUT2D eigenvalue weighted by molar-refractivity contribution is 5.22. The van der Waals surface area contributed by atoms with Crippen molar-refractivity contribution in [2.24, 2.45) is 17.8 Å². The SMILES string of the molecule is CCCC1CCC(C2CCC(CCc3ccc(CC)cc3)OC2)CC1. The third-order valence-corrected chi connectivity index (χ3v) is 6.85. The quantitative estimate of drug-likeness (QED) is 0.543. The molecule has 0 spiro atoms. The van der Waals surface area contributed by atoms with Crippen molar-refractivity contribution >= 4 is 0 Å². The van der Waals surface area contributed by atoms with Crippen LogP contribution in [0, 0.1) is 17.8 Å². The van der Waals surface area contributed by atoms with Crippen molar-refractivity contribution in [2.45, 2.75) is 90.6 Å². The molecule has 25 heavy (non-hydrogen) atoms. The lowest BCUT2D eigenvalue weighted by Crippen LogP contribution is -2.32. The van der Waals surface area contributed by atoms with E-state index in [9.17, 15) is 0 Å². The molecule has 2 fully saturated rings. The summed E-state index contributed by atoms with van der Waals surface area (Å²) < 4.78 is 6.28. The zero-order valence-electron chi connectivity index (χ0n) is 16.5. The maximum atomic E-state index is 6.28. The lowest BCUT2D eigenvalue weighted by Gasteiger charge is -2.38. The van der Waals surface area contributed by atoms with Crippen LogP contribution in [0.25, 0.3) is 0 Å². The zero-order valence-corrected chi connectivity index (χ0v) is 16.5. The van der Waals surface area contributed by atoms with Crippen molar-refractivity contribution < 1.29 is 4.74 Å². The molecule has 140 valence electrons. The molecule has 1 nitrogen and oxygen atoms in total. The maximum absolute atomic E-state index is 6.28. The molecule has 2 atom stereocenters. The molecule has 0 N–H and O–H groups in total. The van der Waals surface area contributed by atoms with E-state index in [-0.39, 0.29) is 0 Å². The molecule has 1 saturated carbocycles. The largest absolute Gasteiger partial charge is 0.378 e. The highest BCUT2D eigenvalue weighted by atomic mass is 16.5. The molecule has 1 aliphatic carbocycles. The van der Waals surface area contributed by atoms with Gasteiger partial charge in [-0.1, -0.05) is 63.8 Å². The average molecular weight is 343 g/mol. The molecule has 1 heteroatoms. The van der Waals surface area contributed by atoms with Crippen LogP contribution in [-0.2, 0) is 17.6 Å². The number of hydrogen-bond donors (Lipinski definition) is 0. The Hall–Kier alpha value is -0.820.